The van der Waals surface area contributed by atoms with Crippen LogP contribution in [0.3, 0.4) is 0 Å². The third kappa shape index (κ3) is 5.36. The molecule has 2 aliphatic rings. The van der Waals surface area contributed by atoms with Crippen molar-refractivity contribution in [1.29, 1.82) is 0 Å². The van der Waals surface area contributed by atoms with Gasteiger partial charge in [0.05, 0.1) is 16.5 Å². The van der Waals surface area contributed by atoms with Gasteiger partial charge in [-0.15, -0.1) is 0 Å². The van der Waals surface area contributed by atoms with Crippen LogP contribution in [-0.4, -0.2) is 0 Å². The highest BCUT2D eigenvalue weighted by Gasteiger charge is 2.48. The minimum Gasteiger partial charge on any atom is -0.457 e. The van der Waals surface area contributed by atoms with Crippen molar-refractivity contribution in [3.8, 4) is 22.6 Å². The van der Waals surface area contributed by atoms with E-state index in [1.165, 1.54) is 33.4 Å². The topological polar surface area (TPSA) is 25.6 Å². The molecule has 0 amide bonds. The second-order valence-corrected chi connectivity index (χ2v) is 17.1. The molecule has 0 bridgehead atoms. The summed E-state index contributed by atoms with van der Waals surface area (Å²) in [6, 6.07) is 90.1. The van der Waals surface area contributed by atoms with Crippen molar-refractivity contribution < 1.29 is 9.15 Å². The number of hydrogen-bond acceptors (Lipinski definition) is 3. The van der Waals surface area contributed by atoms with Crippen LogP contribution in [0.5, 0.6) is 11.5 Å². The fourth-order valence-corrected chi connectivity index (χ4v) is 11.3. The number of anilines is 3. The van der Waals surface area contributed by atoms with E-state index in [4.69, 9.17) is 9.15 Å². The highest BCUT2D eigenvalue weighted by Crippen LogP contribution is 2.60. The zero-order valence-corrected chi connectivity index (χ0v) is 35.4. The second-order valence-electron chi connectivity index (χ2n) is 17.1. The molecule has 3 heteroatoms. The van der Waals surface area contributed by atoms with Crippen LogP contribution in [0.25, 0.3) is 33.1 Å². The molecule has 0 saturated heterocycles. The van der Waals surface area contributed by atoms with E-state index >= 15 is 0 Å². The predicted octanol–water partition coefficient (Wildman–Crippen LogP) is 15.9. The van der Waals surface area contributed by atoms with Crippen molar-refractivity contribution in [1.82, 2.24) is 0 Å². The van der Waals surface area contributed by atoms with Crippen LogP contribution in [0.4, 0.5) is 17.1 Å². The van der Waals surface area contributed by atoms with E-state index in [1.54, 1.807) is 0 Å². The lowest BCUT2D eigenvalue weighted by Crippen LogP contribution is -2.34. The molecule has 10 aromatic carbocycles. The van der Waals surface area contributed by atoms with E-state index in [0.717, 1.165) is 72.8 Å². The van der Waals surface area contributed by atoms with Crippen LogP contribution in [0.15, 0.2) is 253 Å². The Kier molecular flexibility index (Phi) is 8.34. The largest absolute Gasteiger partial charge is 0.457 e. The van der Waals surface area contributed by atoms with Crippen LogP contribution in [0.2, 0.25) is 0 Å². The van der Waals surface area contributed by atoms with E-state index in [2.05, 4.69) is 248 Å². The minimum absolute atomic E-state index is 0.645. The molecule has 0 radical (unpaired) electrons. The van der Waals surface area contributed by atoms with Crippen LogP contribution in [-0.2, 0) is 10.8 Å². The fraction of sp³-hybridized carbons (Fsp3) is 0.0323. The lowest BCUT2D eigenvalue weighted by molar-refractivity contribution is 0.434. The summed E-state index contributed by atoms with van der Waals surface area (Å²) in [4.78, 5) is 2.45. The summed E-state index contributed by atoms with van der Waals surface area (Å²) in [5.74, 6) is 1.70. The lowest BCUT2D eigenvalue weighted by atomic mass is 9.63. The maximum absolute atomic E-state index is 6.72. The Morgan fingerprint density at radius 2 is 0.800 bits per heavy atom. The van der Waals surface area contributed by atoms with Gasteiger partial charge < -0.3 is 14.1 Å². The summed E-state index contributed by atoms with van der Waals surface area (Å²) in [6.07, 6.45) is 0. The third-order valence-electron chi connectivity index (χ3n) is 13.9. The van der Waals surface area contributed by atoms with Gasteiger partial charge in [-0.25, -0.2) is 0 Å². The predicted molar refractivity (Wildman–Crippen MR) is 264 cm³/mol. The zero-order chi connectivity index (χ0) is 43.0. The SMILES string of the molecule is c1ccc(C2(c3cccc(N(c4ccc5c(c4)oc4ccccc45)c4ccccc4C4(c5ccccc5)c5ccccc5-c5ccccc54)c3)c3ccccc3Oc3ccccc32)cc1. The summed E-state index contributed by atoms with van der Waals surface area (Å²) in [5, 5.41) is 2.19. The Labute approximate surface area is 378 Å². The van der Waals surface area contributed by atoms with E-state index < -0.39 is 10.8 Å². The van der Waals surface area contributed by atoms with Gasteiger partial charge in [-0.1, -0.05) is 194 Å². The van der Waals surface area contributed by atoms with Gasteiger partial charge in [-0.2, -0.15) is 0 Å². The van der Waals surface area contributed by atoms with Gasteiger partial charge in [-0.05, 0) is 93.0 Å². The van der Waals surface area contributed by atoms with E-state index in [9.17, 15) is 0 Å². The maximum atomic E-state index is 6.72. The second kappa shape index (κ2) is 14.6. The average Bonchev–Trinajstić information content (AvgIpc) is 3.90. The van der Waals surface area contributed by atoms with E-state index in [0.29, 0.717) is 0 Å². The molecule has 306 valence electrons. The molecule has 0 fully saturated rings. The van der Waals surface area contributed by atoms with Gasteiger partial charge in [0.1, 0.15) is 22.7 Å². The molecule has 2 heterocycles. The number of hydrogen-bond donors (Lipinski definition) is 0. The van der Waals surface area contributed by atoms with Crippen LogP contribution < -0.4 is 9.64 Å². The minimum atomic E-state index is -0.703. The summed E-state index contributed by atoms with van der Waals surface area (Å²) in [5.41, 5.74) is 15.3. The number of fused-ring (bicyclic) bond motifs is 8. The Morgan fingerprint density at radius 3 is 1.48 bits per heavy atom. The normalized spacial score (nSPS) is 13.9. The number of furan rings is 1. The standard InChI is InChI=1S/C62H41NO2/c1-3-20-42(21-4-1)61(54-32-13-17-36-58(54)65-59-37-18-14-33-55(59)61)44-24-19-25-45(40-44)63(46-38-39-50-49-28-9-16-35-57(49)64-60(50)41-46)56-34-15-12-31-53(56)62(43-22-5-2-6-23-43)51-29-10-7-26-47(51)48-27-8-11-30-52(48)62/h1-41H. The quantitative estimate of drug-likeness (QED) is 0.160. The fourth-order valence-electron chi connectivity index (χ4n) is 11.3. The summed E-state index contributed by atoms with van der Waals surface area (Å²) in [7, 11) is 0. The van der Waals surface area contributed by atoms with Gasteiger partial charge in [0.25, 0.3) is 0 Å². The molecule has 0 unspecified atom stereocenters. The van der Waals surface area contributed by atoms with Crippen LogP contribution in [0, 0.1) is 0 Å². The summed E-state index contributed by atoms with van der Waals surface area (Å²) >= 11 is 0. The molecule has 1 aliphatic carbocycles. The molecule has 0 spiro atoms. The number of nitrogens with zero attached hydrogens (tertiary/aromatic N) is 1. The van der Waals surface area contributed by atoms with Crippen molar-refractivity contribution in [3.63, 3.8) is 0 Å². The molecule has 0 atom stereocenters. The highest BCUT2D eigenvalue weighted by atomic mass is 16.5. The zero-order valence-electron chi connectivity index (χ0n) is 35.4. The van der Waals surface area contributed by atoms with Gasteiger partial charge in [0.2, 0.25) is 0 Å². The smallest absolute Gasteiger partial charge is 0.137 e. The molecule has 3 nitrogen and oxygen atoms in total. The molecule has 65 heavy (non-hydrogen) atoms. The van der Waals surface area contributed by atoms with Gasteiger partial charge >= 0.3 is 0 Å². The number of ether oxygens (including phenoxy) is 1. The molecule has 1 aromatic heterocycles. The summed E-state index contributed by atoms with van der Waals surface area (Å²) < 4.78 is 13.4. The Balaban J connectivity index is 1.13. The molecular weight excluding hydrogens is 791 g/mol. The Morgan fingerprint density at radius 1 is 0.308 bits per heavy atom. The Bertz CT molecular complexity index is 3520. The summed E-state index contributed by atoms with van der Waals surface area (Å²) in [6.45, 7) is 0. The van der Waals surface area contributed by atoms with Gasteiger partial charge in [-0.3, -0.25) is 0 Å². The van der Waals surface area contributed by atoms with Crippen molar-refractivity contribution in [3.05, 3.63) is 293 Å². The number of rotatable bonds is 7. The van der Waals surface area contributed by atoms with Gasteiger partial charge in [0, 0.05) is 39.3 Å². The maximum Gasteiger partial charge on any atom is 0.137 e. The first-order valence-electron chi connectivity index (χ1n) is 22.3. The van der Waals surface area contributed by atoms with Gasteiger partial charge in [0.15, 0.2) is 0 Å². The van der Waals surface area contributed by atoms with Crippen LogP contribution in [0.1, 0.15) is 44.5 Å². The third-order valence-corrected chi connectivity index (χ3v) is 13.9. The van der Waals surface area contributed by atoms with Crippen LogP contribution >= 0.6 is 0 Å². The van der Waals surface area contributed by atoms with Crippen molar-refractivity contribution in [2.45, 2.75) is 10.8 Å². The lowest BCUT2D eigenvalue weighted by Gasteiger charge is -2.42. The number of para-hydroxylation sites is 4. The van der Waals surface area contributed by atoms with Crippen molar-refractivity contribution in [2.75, 3.05) is 4.90 Å². The first-order chi connectivity index (χ1) is 32.2. The number of benzene rings is 10. The monoisotopic (exact) mass is 831 g/mol. The molecule has 11 aromatic rings. The Hall–Kier alpha value is -8.40. The molecule has 0 N–H and O–H groups in total. The molecule has 0 saturated carbocycles. The molecular formula is C62H41NO2. The first-order valence-corrected chi connectivity index (χ1v) is 22.3. The average molecular weight is 832 g/mol. The van der Waals surface area contributed by atoms with E-state index in [1.807, 2.05) is 6.07 Å². The van der Waals surface area contributed by atoms with Crippen molar-refractivity contribution >= 4 is 39.0 Å². The highest BCUT2D eigenvalue weighted by molar-refractivity contribution is 6.06. The van der Waals surface area contributed by atoms with Crippen molar-refractivity contribution in [2.24, 2.45) is 0 Å². The van der Waals surface area contributed by atoms with E-state index in [-0.39, 0.29) is 0 Å². The molecule has 13 rings (SSSR count). The molecule has 1 aliphatic heterocycles. The first kappa shape index (κ1) is 37.2.